The molecule has 6 nitrogen and oxygen atoms in total. The topological polar surface area (TPSA) is 79.4 Å². The van der Waals surface area contributed by atoms with Crippen molar-refractivity contribution in [1.29, 1.82) is 0 Å². The average Bonchev–Trinajstić information content (AvgIpc) is 3.27. The SMILES string of the molecule is O=C(/C=C/c1ccc(N2CCCS2(=O)=O)cc1)Nc1nc(C2CC2)cs1. The zero-order valence-corrected chi connectivity index (χ0v) is 15.7. The van der Waals surface area contributed by atoms with Gasteiger partial charge in [-0.2, -0.15) is 0 Å². The number of hydrogen-bond donors (Lipinski definition) is 1. The first-order valence-electron chi connectivity index (χ1n) is 8.56. The van der Waals surface area contributed by atoms with E-state index in [9.17, 15) is 13.2 Å². The molecule has 4 rings (SSSR count). The van der Waals surface area contributed by atoms with E-state index in [-0.39, 0.29) is 11.7 Å². The van der Waals surface area contributed by atoms with E-state index < -0.39 is 10.0 Å². The molecule has 8 heteroatoms. The molecule has 26 heavy (non-hydrogen) atoms. The Morgan fingerprint density at radius 3 is 2.69 bits per heavy atom. The minimum Gasteiger partial charge on any atom is -0.298 e. The monoisotopic (exact) mass is 389 g/mol. The van der Waals surface area contributed by atoms with Crippen molar-refractivity contribution in [3.8, 4) is 0 Å². The van der Waals surface area contributed by atoms with Gasteiger partial charge in [0, 0.05) is 23.9 Å². The third-order valence-electron chi connectivity index (χ3n) is 4.46. The zero-order chi connectivity index (χ0) is 18.1. The summed E-state index contributed by atoms with van der Waals surface area (Å²) in [7, 11) is -3.17. The molecule has 1 amide bonds. The average molecular weight is 390 g/mol. The number of amides is 1. The molecule has 1 aliphatic carbocycles. The van der Waals surface area contributed by atoms with Gasteiger partial charge in [0.1, 0.15) is 0 Å². The summed E-state index contributed by atoms with van der Waals surface area (Å²) in [6, 6.07) is 7.15. The molecule has 1 aromatic carbocycles. The van der Waals surface area contributed by atoms with E-state index in [1.165, 1.54) is 34.6 Å². The normalized spacial score (nSPS) is 19.2. The highest BCUT2D eigenvalue weighted by atomic mass is 32.2. The first-order chi connectivity index (χ1) is 12.5. The molecule has 0 spiro atoms. The third kappa shape index (κ3) is 3.81. The highest BCUT2D eigenvalue weighted by molar-refractivity contribution is 7.93. The van der Waals surface area contributed by atoms with Crippen molar-refractivity contribution in [3.63, 3.8) is 0 Å². The van der Waals surface area contributed by atoms with E-state index in [0.717, 1.165) is 11.3 Å². The molecule has 2 heterocycles. The molecule has 1 N–H and O–H groups in total. The molecule has 1 saturated carbocycles. The van der Waals surface area contributed by atoms with Crippen molar-refractivity contribution >= 4 is 44.2 Å². The summed E-state index contributed by atoms with van der Waals surface area (Å²) in [6.07, 6.45) is 6.19. The van der Waals surface area contributed by atoms with Crippen LogP contribution >= 0.6 is 11.3 Å². The van der Waals surface area contributed by atoms with Crippen LogP contribution in [0.1, 0.15) is 36.4 Å². The van der Waals surface area contributed by atoms with Crippen LogP contribution in [0.5, 0.6) is 0 Å². The largest absolute Gasteiger partial charge is 0.298 e. The first kappa shape index (κ1) is 17.2. The predicted molar refractivity (Wildman–Crippen MR) is 104 cm³/mol. The summed E-state index contributed by atoms with van der Waals surface area (Å²) in [5, 5.41) is 5.40. The highest BCUT2D eigenvalue weighted by Crippen LogP contribution is 2.40. The summed E-state index contributed by atoms with van der Waals surface area (Å²) < 4.78 is 25.3. The van der Waals surface area contributed by atoms with Crippen molar-refractivity contribution in [3.05, 3.63) is 47.0 Å². The van der Waals surface area contributed by atoms with Gasteiger partial charge >= 0.3 is 0 Å². The Labute approximate surface area is 156 Å². The predicted octanol–water partition coefficient (Wildman–Crippen LogP) is 3.21. The van der Waals surface area contributed by atoms with E-state index in [2.05, 4.69) is 10.3 Å². The number of aromatic nitrogens is 1. The standard InChI is InChI=1S/C18H19N3O3S2/c22-17(20-18-19-16(12-25-18)14-5-6-14)9-4-13-2-7-15(8-3-13)21-10-1-11-26(21,23)24/h2-4,7-9,12,14H,1,5-6,10-11H2,(H,19,20,22)/b9-4+. The van der Waals surface area contributed by atoms with E-state index in [0.29, 0.717) is 29.7 Å². The van der Waals surface area contributed by atoms with Crippen LogP contribution in [0.15, 0.2) is 35.7 Å². The van der Waals surface area contributed by atoms with E-state index in [4.69, 9.17) is 0 Å². The van der Waals surface area contributed by atoms with Gasteiger partial charge in [-0.3, -0.25) is 14.4 Å². The number of thiazole rings is 1. The van der Waals surface area contributed by atoms with Crippen LogP contribution in [0.3, 0.4) is 0 Å². The van der Waals surface area contributed by atoms with Gasteiger partial charge in [0.25, 0.3) is 0 Å². The Kier molecular flexibility index (Phi) is 4.54. The smallest absolute Gasteiger partial charge is 0.250 e. The zero-order valence-electron chi connectivity index (χ0n) is 14.1. The molecule has 1 saturated heterocycles. The van der Waals surface area contributed by atoms with Crippen LogP contribution in [0, 0.1) is 0 Å². The summed E-state index contributed by atoms with van der Waals surface area (Å²) in [5.74, 6) is 0.548. The van der Waals surface area contributed by atoms with Crippen LogP contribution in [-0.2, 0) is 14.8 Å². The van der Waals surface area contributed by atoms with Gasteiger partial charge in [-0.05, 0) is 43.0 Å². The maximum atomic E-state index is 12.0. The van der Waals surface area contributed by atoms with E-state index in [1.54, 1.807) is 18.2 Å². The Balaban J connectivity index is 1.37. The van der Waals surface area contributed by atoms with Crippen molar-refractivity contribution in [2.75, 3.05) is 21.9 Å². The quantitative estimate of drug-likeness (QED) is 0.797. The molecular weight excluding hydrogens is 370 g/mol. The van der Waals surface area contributed by atoms with Crippen LogP contribution in [0.25, 0.3) is 6.08 Å². The van der Waals surface area contributed by atoms with E-state index >= 15 is 0 Å². The van der Waals surface area contributed by atoms with Crippen LogP contribution in [0.4, 0.5) is 10.8 Å². The van der Waals surface area contributed by atoms with Crippen LogP contribution in [-0.4, -0.2) is 31.6 Å². The van der Waals surface area contributed by atoms with Gasteiger partial charge in [0.2, 0.25) is 15.9 Å². The lowest BCUT2D eigenvalue weighted by atomic mass is 10.2. The number of carbonyl (C=O) groups is 1. The molecule has 0 radical (unpaired) electrons. The number of carbonyl (C=O) groups excluding carboxylic acids is 1. The molecule has 2 aliphatic rings. The number of anilines is 2. The van der Waals surface area contributed by atoms with Crippen LogP contribution in [0.2, 0.25) is 0 Å². The Morgan fingerprint density at radius 1 is 1.27 bits per heavy atom. The van der Waals surface area contributed by atoms with Gasteiger partial charge in [-0.25, -0.2) is 13.4 Å². The molecular formula is C18H19N3O3S2. The van der Waals surface area contributed by atoms with Gasteiger partial charge in [-0.15, -0.1) is 11.3 Å². The Morgan fingerprint density at radius 2 is 2.04 bits per heavy atom. The van der Waals surface area contributed by atoms with Gasteiger partial charge < -0.3 is 0 Å². The number of benzene rings is 1. The summed E-state index contributed by atoms with van der Waals surface area (Å²) in [4.78, 5) is 16.4. The highest BCUT2D eigenvalue weighted by Gasteiger charge is 2.28. The van der Waals surface area contributed by atoms with Crippen molar-refractivity contribution in [2.45, 2.75) is 25.2 Å². The second kappa shape index (κ2) is 6.85. The molecule has 0 atom stereocenters. The van der Waals surface area contributed by atoms with Crippen molar-refractivity contribution < 1.29 is 13.2 Å². The molecule has 0 unspecified atom stereocenters. The fourth-order valence-corrected chi connectivity index (χ4v) is 5.27. The second-order valence-electron chi connectivity index (χ2n) is 6.51. The van der Waals surface area contributed by atoms with Gasteiger partial charge in [0.15, 0.2) is 5.13 Å². The van der Waals surface area contributed by atoms with Gasteiger partial charge in [0.05, 0.1) is 17.1 Å². The minimum atomic E-state index is -3.17. The molecule has 0 bridgehead atoms. The minimum absolute atomic E-state index is 0.202. The number of rotatable bonds is 5. The summed E-state index contributed by atoms with van der Waals surface area (Å²) >= 11 is 1.44. The number of nitrogens with one attached hydrogen (secondary N) is 1. The van der Waals surface area contributed by atoms with Crippen molar-refractivity contribution in [1.82, 2.24) is 4.98 Å². The summed E-state index contributed by atoms with van der Waals surface area (Å²) in [6.45, 7) is 0.524. The molecule has 1 aromatic heterocycles. The molecule has 136 valence electrons. The van der Waals surface area contributed by atoms with Crippen molar-refractivity contribution in [2.24, 2.45) is 0 Å². The number of sulfonamides is 1. The number of nitrogens with zero attached hydrogens (tertiary/aromatic N) is 2. The Hall–Kier alpha value is -2.19. The lowest BCUT2D eigenvalue weighted by molar-refractivity contribution is -0.111. The second-order valence-corrected chi connectivity index (χ2v) is 9.38. The Bertz CT molecular complexity index is 944. The lowest BCUT2D eigenvalue weighted by Gasteiger charge is -2.16. The summed E-state index contributed by atoms with van der Waals surface area (Å²) in [5.41, 5.74) is 2.57. The number of hydrogen-bond acceptors (Lipinski definition) is 5. The van der Waals surface area contributed by atoms with E-state index in [1.807, 2.05) is 17.5 Å². The molecule has 2 fully saturated rings. The fraction of sp³-hybridized carbons (Fsp3) is 0.333. The molecule has 1 aliphatic heterocycles. The fourth-order valence-electron chi connectivity index (χ4n) is 2.91. The lowest BCUT2D eigenvalue weighted by Crippen LogP contribution is -2.24. The molecule has 2 aromatic rings. The first-order valence-corrected chi connectivity index (χ1v) is 11.1. The maximum Gasteiger partial charge on any atom is 0.250 e. The third-order valence-corrected chi connectivity index (χ3v) is 7.10. The maximum absolute atomic E-state index is 12.0. The van der Waals surface area contributed by atoms with Crippen LogP contribution < -0.4 is 9.62 Å². The van der Waals surface area contributed by atoms with Gasteiger partial charge in [-0.1, -0.05) is 12.1 Å².